The van der Waals surface area contributed by atoms with E-state index in [9.17, 15) is 4.79 Å². The van der Waals surface area contributed by atoms with E-state index in [1.807, 2.05) is 62.4 Å². The number of benzene rings is 2. The predicted octanol–water partition coefficient (Wildman–Crippen LogP) is 3.72. The van der Waals surface area contributed by atoms with Crippen LogP contribution in [0.1, 0.15) is 16.7 Å². The van der Waals surface area contributed by atoms with Gasteiger partial charge in [0.2, 0.25) is 0 Å². The van der Waals surface area contributed by atoms with Crippen LogP contribution in [0.25, 0.3) is 6.08 Å². The summed E-state index contributed by atoms with van der Waals surface area (Å²) in [6, 6.07) is 13.7. The fraction of sp³-hybridized carbons (Fsp3) is 0.167. The first kappa shape index (κ1) is 13.4. The van der Waals surface area contributed by atoms with Crippen molar-refractivity contribution in [3.63, 3.8) is 0 Å². The summed E-state index contributed by atoms with van der Waals surface area (Å²) in [4.78, 5) is 12.3. The number of nitrogens with one attached hydrogen (secondary N) is 1. The van der Waals surface area contributed by atoms with Gasteiger partial charge in [0, 0.05) is 11.3 Å². The average Bonchev–Trinajstić information content (AvgIpc) is 2.49. The molecule has 2 aromatic carbocycles. The number of carbonyl (C=O) groups excluding carboxylic acids is 1. The number of hydrogen-bond acceptors (Lipinski definition) is 2. The molecule has 1 N–H and O–H groups in total. The summed E-state index contributed by atoms with van der Waals surface area (Å²) in [5.74, 6) is 0.746. The van der Waals surface area contributed by atoms with Gasteiger partial charge in [0.1, 0.15) is 12.4 Å². The largest absolute Gasteiger partial charge is 0.488 e. The molecule has 21 heavy (non-hydrogen) atoms. The topological polar surface area (TPSA) is 38.3 Å². The summed E-state index contributed by atoms with van der Waals surface area (Å²) in [5, 5.41) is 2.90. The van der Waals surface area contributed by atoms with E-state index < -0.39 is 0 Å². The summed E-state index contributed by atoms with van der Waals surface area (Å²) < 4.78 is 5.72. The molecule has 0 unspecified atom stereocenters. The van der Waals surface area contributed by atoms with Crippen molar-refractivity contribution in [2.75, 3.05) is 11.9 Å². The van der Waals surface area contributed by atoms with Crippen molar-refractivity contribution in [1.82, 2.24) is 0 Å². The molecule has 0 aliphatic carbocycles. The Balaban J connectivity index is 1.81. The molecule has 0 atom stereocenters. The number of rotatable bonds is 2. The summed E-state index contributed by atoms with van der Waals surface area (Å²) in [6.45, 7) is 4.32. The van der Waals surface area contributed by atoms with Crippen LogP contribution in [0.2, 0.25) is 0 Å². The molecule has 0 radical (unpaired) electrons. The van der Waals surface area contributed by atoms with Gasteiger partial charge in [-0.05, 0) is 37.6 Å². The van der Waals surface area contributed by atoms with Crippen LogP contribution in [0.4, 0.5) is 5.69 Å². The Morgan fingerprint density at radius 3 is 2.62 bits per heavy atom. The van der Waals surface area contributed by atoms with Crippen LogP contribution < -0.4 is 10.1 Å². The smallest absolute Gasteiger partial charge is 0.255 e. The molecule has 0 fully saturated rings. The highest BCUT2D eigenvalue weighted by Crippen LogP contribution is 2.29. The molecule has 0 saturated carbocycles. The van der Waals surface area contributed by atoms with Crippen molar-refractivity contribution in [3.8, 4) is 5.75 Å². The number of amides is 1. The molecule has 3 rings (SSSR count). The molecule has 0 saturated heterocycles. The monoisotopic (exact) mass is 279 g/mol. The molecule has 0 aromatic heterocycles. The second-order valence-electron chi connectivity index (χ2n) is 5.27. The van der Waals surface area contributed by atoms with Crippen LogP contribution in [0, 0.1) is 13.8 Å². The van der Waals surface area contributed by atoms with Gasteiger partial charge in [-0.25, -0.2) is 0 Å². The van der Waals surface area contributed by atoms with Gasteiger partial charge >= 0.3 is 0 Å². The molecule has 3 nitrogen and oxygen atoms in total. The van der Waals surface area contributed by atoms with E-state index in [4.69, 9.17) is 4.74 Å². The SMILES string of the molecule is Cc1ccc(NC(=O)C2=Cc3cccc(C)c3OC2)cc1. The zero-order valence-corrected chi connectivity index (χ0v) is 12.1. The molecule has 0 spiro atoms. The van der Waals surface area contributed by atoms with Crippen LogP contribution in [0.3, 0.4) is 0 Å². The Hall–Kier alpha value is -2.55. The number of carbonyl (C=O) groups is 1. The Bertz CT molecular complexity index is 714. The van der Waals surface area contributed by atoms with Crippen molar-refractivity contribution >= 4 is 17.7 Å². The molecule has 0 bridgehead atoms. The maximum atomic E-state index is 12.3. The molecule has 2 aromatic rings. The lowest BCUT2D eigenvalue weighted by Gasteiger charge is -2.19. The Labute approximate surface area is 124 Å². The highest BCUT2D eigenvalue weighted by Gasteiger charge is 2.18. The van der Waals surface area contributed by atoms with Gasteiger partial charge in [-0.2, -0.15) is 0 Å². The lowest BCUT2D eigenvalue weighted by molar-refractivity contribution is -0.113. The van der Waals surface area contributed by atoms with Crippen molar-refractivity contribution in [2.45, 2.75) is 13.8 Å². The van der Waals surface area contributed by atoms with Crippen molar-refractivity contribution < 1.29 is 9.53 Å². The van der Waals surface area contributed by atoms with Crippen molar-refractivity contribution in [3.05, 3.63) is 64.7 Å². The second kappa shape index (κ2) is 5.44. The van der Waals surface area contributed by atoms with Crippen molar-refractivity contribution in [1.29, 1.82) is 0 Å². The first-order chi connectivity index (χ1) is 10.1. The number of anilines is 1. The fourth-order valence-electron chi connectivity index (χ4n) is 2.34. The average molecular weight is 279 g/mol. The fourth-order valence-corrected chi connectivity index (χ4v) is 2.34. The van der Waals surface area contributed by atoms with Gasteiger partial charge < -0.3 is 10.1 Å². The van der Waals surface area contributed by atoms with Gasteiger partial charge in [0.05, 0.1) is 5.57 Å². The third kappa shape index (κ3) is 2.82. The number of hydrogen-bond donors (Lipinski definition) is 1. The lowest BCUT2D eigenvalue weighted by atomic mass is 10.0. The van der Waals surface area contributed by atoms with Gasteiger partial charge in [0.25, 0.3) is 5.91 Å². The zero-order chi connectivity index (χ0) is 14.8. The number of aryl methyl sites for hydroxylation is 2. The Morgan fingerprint density at radius 2 is 1.86 bits per heavy atom. The lowest BCUT2D eigenvalue weighted by Crippen LogP contribution is -2.21. The van der Waals surface area contributed by atoms with Gasteiger partial charge in [-0.3, -0.25) is 4.79 Å². The van der Waals surface area contributed by atoms with E-state index in [1.54, 1.807) is 0 Å². The third-order valence-corrected chi connectivity index (χ3v) is 3.55. The van der Waals surface area contributed by atoms with Gasteiger partial charge in [-0.15, -0.1) is 0 Å². The first-order valence-corrected chi connectivity index (χ1v) is 6.94. The molecule has 106 valence electrons. The van der Waals surface area contributed by atoms with E-state index in [2.05, 4.69) is 5.32 Å². The molecule has 1 aliphatic heterocycles. The van der Waals surface area contributed by atoms with Gasteiger partial charge in [0.15, 0.2) is 0 Å². The van der Waals surface area contributed by atoms with Crippen LogP contribution in [-0.4, -0.2) is 12.5 Å². The van der Waals surface area contributed by atoms with E-state index in [0.29, 0.717) is 12.2 Å². The van der Waals surface area contributed by atoms with E-state index >= 15 is 0 Å². The summed E-state index contributed by atoms with van der Waals surface area (Å²) >= 11 is 0. The quantitative estimate of drug-likeness (QED) is 0.910. The minimum Gasteiger partial charge on any atom is -0.488 e. The molecule has 1 heterocycles. The Kier molecular flexibility index (Phi) is 3.48. The number of ether oxygens (including phenoxy) is 1. The zero-order valence-electron chi connectivity index (χ0n) is 12.1. The minimum absolute atomic E-state index is 0.119. The summed E-state index contributed by atoms with van der Waals surface area (Å²) in [6.07, 6.45) is 1.90. The van der Waals surface area contributed by atoms with Crippen molar-refractivity contribution in [2.24, 2.45) is 0 Å². The second-order valence-corrected chi connectivity index (χ2v) is 5.27. The third-order valence-electron chi connectivity index (χ3n) is 3.55. The first-order valence-electron chi connectivity index (χ1n) is 6.94. The predicted molar refractivity (Wildman–Crippen MR) is 84.5 cm³/mol. The highest BCUT2D eigenvalue weighted by atomic mass is 16.5. The number of fused-ring (bicyclic) bond motifs is 1. The van der Waals surface area contributed by atoms with Gasteiger partial charge in [-0.1, -0.05) is 35.9 Å². The standard InChI is InChI=1S/C18H17NO2/c1-12-6-8-16(9-7-12)19-18(20)15-10-14-5-3-4-13(2)17(14)21-11-15/h3-10H,11H2,1-2H3,(H,19,20). The van der Waals surface area contributed by atoms with Crippen LogP contribution >= 0.6 is 0 Å². The maximum absolute atomic E-state index is 12.3. The Morgan fingerprint density at radius 1 is 1.10 bits per heavy atom. The normalized spacial score (nSPS) is 13.0. The molecular formula is C18H17NO2. The highest BCUT2D eigenvalue weighted by molar-refractivity contribution is 6.07. The van der Waals surface area contributed by atoms with Crippen LogP contribution in [0.15, 0.2) is 48.0 Å². The summed E-state index contributed by atoms with van der Waals surface area (Å²) in [5.41, 5.74) is 4.63. The molecular weight excluding hydrogens is 262 g/mol. The van der Waals surface area contributed by atoms with E-state index in [0.717, 1.165) is 28.1 Å². The van der Waals surface area contributed by atoms with Crippen LogP contribution in [0.5, 0.6) is 5.75 Å². The maximum Gasteiger partial charge on any atom is 0.255 e. The molecule has 1 amide bonds. The van der Waals surface area contributed by atoms with Crippen LogP contribution in [-0.2, 0) is 4.79 Å². The molecule has 1 aliphatic rings. The molecule has 3 heteroatoms. The minimum atomic E-state index is -0.119. The van der Waals surface area contributed by atoms with E-state index in [-0.39, 0.29) is 5.91 Å². The summed E-state index contributed by atoms with van der Waals surface area (Å²) in [7, 11) is 0. The van der Waals surface area contributed by atoms with E-state index in [1.165, 1.54) is 0 Å². The number of para-hydroxylation sites is 1.